The molecule has 1 aromatic heterocycles. The molecule has 1 N–H and O–H groups in total. The van der Waals surface area contributed by atoms with E-state index in [0.717, 1.165) is 11.6 Å². The average Bonchev–Trinajstić information content (AvgIpc) is 2.33. The van der Waals surface area contributed by atoms with Gasteiger partial charge in [-0.1, -0.05) is 6.07 Å². The SMILES string of the molecule is Fc1cc(F)c(F)c(NCc2cccnc2)c1. The van der Waals surface area contributed by atoms with Crippen LogP contribution in [0.4, 0.5) is 18.9 Å². The third-order valence-electron chi connectivity index (χ3n) is 2.20. The fourth-order valence-electron chi connectivity index (χ4n) is 1.38. The lowest BCUT2D eigenvalue weighted by molar-refractivity contribution is 0.497. The van der Waals surface area contributed by atoms with Crippen molar-refractivity contribution in [2.45, 2.75) is 6.54 Å². The molecule has 0 unspecified atom stereocenters. The summed E-state index contributed by atoms with van der Waals surface area (Å²) in [5.41, 5.74) is 0.586. The monoisotopic (exact) mass is 238 g/mol. The Labute approximate surface area is 96.1 Å². The van der Waals surface area contributed by atoms with Crippen LogP contribution >= 0.6 is 0 Å². The normalized spacial score (nSPS) is 10.3. The van der Waals surface area contributed by atoms with Crippen LogP contribution in [0.15, 0.2) is 36.7 Å². The van der Waals surface area contributed by atoms with Gasteiger partial charge in [-0.15, -0.1) is 0 Å². The van der Waals surface area contributed by atoms with E-state index < -0.39 is 17.5 Å². The predicted molar refractivity (Wildman–Crippen MR) is 57.9 cm³/mol. The molecule has 1 aromatic carbocycles. The van der Waals surface area contributed by atoms with Gasteiger partial charge in [0.2, 0.25) is 0 Å². The van der Waals surface area contributed by atoms with E-state index in [1.165, 1.54) is 0 Å². The molecule has 0 aliphatic heterocycles. The lowest BCUT2D eigenvalue weighted by Gasteiger charge is -2.08. The van der Waals surface area contributed by atoms with E-state index in [0.29, 0.717) is 6.07 Å². The number of rotatable bonds is 3. The van der Waals surface area contributed by atoms with E-state index in [1.807, 2.05) is 0 Å². The summed E-state index contributed by atoms with van der Waals surface area (Å²) in [6, 6.07) is 4.91. The molecule has 0 spiro atoms. The van der Waals surface area contributed by atoms with Gasteiger partial charge in [0.05, 0.1) is 5.69 Å². The van der Waals surface area contributed by atoms with Crippen molar-refractivity contribution in [1.29, 1.82) is 0 Å². The molecule has 0 aliphatic rings. The van der Waals surface area contributed by atoms with Crippen LogP contribution in [0.25, 0.3) is 0 Å². The number of hydrogen-bond donors (Lipinski definition) is 1. The minimum atomic E-state index is -1.21. The van der Waals surface area contributed by atoms with Crippen molar-refractivity contribution in [2.75, 3.05) is 5.32 Å². The highest BCUT2D eigenvalue weighted by Gasteiger charge is 2.10. The third kappa shape index (κ3) is 2.75. The maximum Gasteiger partial charge on any atom is 0.182 e. The number of pyridine rings is 1. The molecule has 0 saturated heterocycles. The Bertz CT molecular complexity index is 515. The molecule has 88 valence electrons. The van der Waals surface area contributed by atoms with Crippen LogP contribution < -0.4 is 5.32 Å². The highest BCUT2D eigenvalue weighted by molar-refractivity contribution is 5.45. The molecule has 0 aliphatic carbocycles. The van der Waals surface area contributed by atoms with E-state index in [1.54, 1.807) is 24.5 Å². The van der Waals surface area contributed by atoms with Gasteiger partial charge in [0.15, 0.2) is 11.6 Å². The van der Waals surface area contributed by atoms with Gasteiger partial charge in [-0.2, -0.15) is 0 Å². The van der Waals surface area contributed by atoms with E-state index in [4.69, 9.17) is 0 Å². The quantitative estimate of drug-likeness (QED) is 0.831. The lowest BCUT2D eigenvalue weighted by atomic mass is 10.2. The zero-order chi connectivity index (χ0) is 12.3. The van der Waals surface area contributed by atoms with Gasteiger partial charge < -0.3 is 5.32 Å². The summed E-state index contributed by atoms with van der Waals surface area (Å²) >= 11 is 0. The van der Waals surface area contributed by atoms with Crippen LogP contribution in [0.5, 0.6) is 0 Å². The maximum absolute atomic E-state index is 13.3. The maximum atomic E-state index is 13.3. The lowest BCUT2D eigenvalue weighted by Crippen LogP contribution is -2.03. The van der Waals surface area contributed by atoms with Gasteiger partial charge in [-0.25, -0.2) is 13.2 Å². The summed E-state index contributed by atoms with van der Waals surface area (Å²) in [7, 11) is 0. The Hall–Kier alpha value is -2.04. The van der Waals surface area contributed by atoms with Gasteiger partial charge in [-0.05, 0) is 11.6 Å². The molecule has 0 atom stereocenters. The van der Waals surface area contributed by atoms with Gasteiger partial charge >= 0.3 is 0 Å². The standard InChI is InChI=1S/C12H9F3N2/c13-9-4-10(14)12(15)11(5-9)17-7-8-2-1-3-16-6-8/h1-6,17H,7H2. The largest absolute Gasteiger partial charge is 0.378 e. The fourth-order valence-corrected chi connectivity index (χ4v) is 1.38. The van der Waals surface area contributed by atoms with E-state index >= 15 is 0 Å². The zero-order valence-corrected chi connectivity index (χ0v) is 8.75. The number of hydrogen-bond acceptors (Lipinski definition) is 2. The van der Waals surface area contributed by atoms with E-state index in [9.17, 15) is 13.2 Å². The Morgan fingerprint density at radius 2 is 2.00 bits per heavy atom. The molecule has 0 fully saturated rings. The molecular weight excluding hydrogens is 229 g/mol. The van der Waals surface area contributed by atoms with Crippen LogP contribution in [0.2, 0.25) is 0 Å². The van der Waals surface area contributed by atoms with Crippen LogP contribution in [0.3, 0.4) is 0 Å². The summed E-state index contributed by atoms with van der Waals surface area (Å²) in [6.07, 6.45) is 3.19. The van der Waals surface area contributed by atoms with Crippen LogP contribution in [0, 0.1) is 17.5 Å². The first-order chi connectivity index (χ1) is 8.16. The van der Waals surface area contributed by atoms with Gasteiger partial charge in [-0.3, -0.25) is 4.98 Å². The first kappa shape index (κ1) is 11.4. The Balaban J connectivity index is 2.14. The van der Waals surface area contributed by atoms with Gasteiger partial charge in [0.1, 0.15) is 5.82 Å². The average molecular weight is 238 g/mol. The van der Waals surface area contributed by atoms with Crippen LogP contribution in [-0.4, -0.2) is 4.98 Å². The second kappa shape index (κ2) is 4.86. The minimum absolute atomic E-state index is 0.202. The minimum Gasteiger partial charge on any atom is -0.378 e. The number of benzene rings is 1. The molecule has 2 nitrogen and oxygen atoms in total. The van der Waals surface area contributed by atoms with Crippen molar-refractivity contribution in [3.63, 3.8) is 0 Å². The second-order valence-corrected chi connectivity index (χ2v) is 3.46. The zero-order valence-electron chi connectivity index (χ0n) is 8.75. The molecule has 5 heteroatoms. The topological polar surface area (TPSA) is 24.9 Å². The first-order valence-corrected chi connectivity index (χ1v) is 4.94. The number of nitrogens with zero attached hydrogens (tertiary/aromatic N) is 1. The molecule has 17 heavy (non-hydrogen) atoms. The summed E-state index contributed by atoms with van der Waals surface area (Å²) < 4.78 is 39.0. The van der Waals surface area contributed by atoms with E-state index in [-0.39, 0.29) is 12.2 Å². The van der Waals surface area contributed by atoms with Crippen LogP contribution in [0.1, 0.15) is 5.56 Å². The van der Waals surface area contributed by atoms with Gasteiger partial charge in [0.25, 0.3) is 0 Å². The van der Waals surface area contributed by atoms with Crippen molar-refractivity contribution in [1.82, 2.24) is 4.98 Å². The summed E-state index contributed by atoms with van der Waals surface area (Å²) in [5.74, 6) is -3.12. The molecule has 0 bridgehead atoms. The van der Waals surface area contributed by atoms with Crippen molar-refractivity contribution >= 4 is 5.69 Å². The Morgan fingerprint density at radius 3 is 2.71 bits per heavy atom. The summed E-state index contributed by atoms with van der Waals surface area (Å²) in [5, 5.41) is 2.62. The van der Waals surface area contributed by atoms with Gasteiger partial charge in [0, 0.05) is 31.1 Å². The smallest absolute Gasteiger partial charge is 0.182 e. The molecule has 1 heterocycles. The van der Waals surface area contributed by atoms with Crippen LogP contribution in [-0.2, 0) is 6.54 Å². The highest BCUT2D eigenvalue weighted by atomic mass is 19.2. The van der Waals surface area contributed by atoms with Crippen molar-refractivity contribution in [2.24, 2.45) is 0 Å². The number of anilines is 1. The van der Waals surface area contributed by atoms with Crippen molar-refractivity contribution in [3.8, 4) is 0 Å². The van der Waals surface area contributed by atoms with E-state index in [2.05, 4.69) is 10.3 Å². The fraction of sp³-hybridized carbons (Fsp3) is 0.0833. The Morgan fingerprint density at radius 1 is 1.18 bits per heavy atom. The predicted octanol–water partition coefficient (Wildman–Crippen LogP) is 3.11. The molecule has 0 radical (unpaired) electrons. The molecule has 2 aromatic rings. The van der Waals surface area contributed by atoms with Crippen molar-refractivity contribution < 1.29 is 13.2 Å². The number of nitrogens with one attached hydrogen (secondary N) is 1. The third-order valence-corrected chi connectivity index (χ3v) is 2.20. The summed E-state index contributed by atoms with van der Waals surface area (Å²) in [4.78, 5) is 3.87. The molecular formula is C12H9F3N2. The molecule has 0 saturated carbocycles. The summed E-state index contributed by atoms with van der Waals surface area (Å²) in [6.45, 7) is 0.244. The molecule has 0 amide bonds. The second-order valence-electron chi connectivity index (χ2n) is 3.46. The first-order valence-electron chi connectivity index (χ1n) is 4.94. The molecule has 2 rings (SSSR count). The Kier molecular flexibility index (Phi) is 3.27. The highest BCUT2D eigenvalue weighted by Crippen LogP contribution is 2.19. The number of aromatic nitrogens is 1. The number of halogens is 3. The van der Waals surface area contributed by atoms with Crippen molar-refractivity contribution in [3.05, 3.63) is 59.7 Å².